The van der Waals surface area contributed by atoms with Crippen molar-refractivity contribution in [1.29, 1.82) is 0 Å². The van der Waals surface area contributed by atoms with Crippen LogP contribution in [0.1, 0.15) is 13.3 Å². The third-order valence-corrected chi connectivity index (χ3v) is 2.44. The van der Waals surface area contributed by atoms with Crippen molar-refractivity contribution in [1.82, 2.24) is 9.80 Å². The summed E-state index contributed by atoms with van der Waals surface area (Å²) in [5, 5.41) is 0. The Bertz CT molecular complexity index is 193. The predicted octanol–water partition coefficient (Wildman–Crippen LogP) is -0.504. The van der Waals surface area contributed by atoms with Gasteiger partial charge in [0.05, 0.1) is 6.04 Å². The first-order chi connectivity index (χ1) is 6.02. The number of carbonyl (C=O) groups is 1. The van der Waals surface area contributed by atoms with Gasteiger partial charge in [-0.1, -0.05) is 0 Å². The Kier molecular flexibility index (Phi) is 3.27. The summed E-state index contributed by atoms with van der Waals surface area (Å²) in [5.74, 6) is 0.106. The molecule has 1 amide bonds. The second-order valence-corrected chi connectivity index (χ2v) is 4.04. The first kappa shape index (κ1) is 10.5. The standard InChI is InChI=1S/C9H19N3O/c1-7(6-11(2)3)12-5-4-8(10)9(12)13/h7-8H,4-6,10H2,1-3H3. The zero-order chi connectivity index (χ0) is 10.0. The summed E-state index contributed by atoms with van der Waals surface area (Å²) in [6.45, 7) is 3.78. The van der Waals surface area contributed by atoms with E-state index in [1.54, 1.807) is 0 Å². The fraction of sp³-hybridized carbons (Fsp3) is 0.889. The van der Waals surface area contributed by atoms with E-state index in [2.05, 4.69) is 11.8 Å². The van der Waals surface area contributed by atoms with Gasteiger partial charge in [0.2, 0.25) is 5.91 Å². The molecule has 0 spiro atoms. The van der Waals surface area contributed by atoms with Gasteiger partial charge in [0.1, 0.15) is 0 Å². The molecule has 0 aromatic rings. The van der Waals surface area contributed by atoms with Gasteiger partial charge in [-0.15, -0.1) is 0 Å². The summed E-state index contributed by atoms with van der Waals surface area (Å²) in [6.07, 6.45) is 0.802. The summed E-state index contributed by atoms with van der Waals surface area (Å²) in [5.41, 5.74) is 5.63. The summed E-state index contributed by atoms with van der Waals surface area (Å²) >= 11 is 0. The maximum Gasteiger partial charge on any atom is 0.239 e. The van der Waals surface area contributed by atoms with Gasteiger partial charge in [-0.05, 0) is 27.4 Å². The average Bonchev–Trinajstić information content (AvgIpc) is 2.31. The zero-order valence-electron chi connectivity index (χ0n) is 8.66. The van der Waals surface area contributed by atoms with Gasteiger partial charge in [-0.3, -0.25) is 4.79 Å². The minimum atomic E-state index is -0.260. The van der Waals surface area contributed by atoms with Gasteiger partial charge >= 0.3 is 0 Å². The third kappa shape index (κ3) is 2.42. The summed E-state index contributed by atoms with van der Waals surface area (Å²) < 4.78 is 0. The van der Waals surface area contributed by atoms with Crippen molar-refractivity contribution in [2.75, 3.05) is 27.2 Å². The Morgan fingerprint density at radius 1 is 1.69 bits per heavy atom. The van der Waals surface area contributed by atoms with Crippen molar-refractivity contribution < 1.29 is 4.79 Å². The highest BCUT2D eigenvalue weighted by Crippen LogP contribution is 2.12. The lowest BCUT2D eigenvalue weighted by Crippen LogP contribution is -2.43. The molecular formula is C9H19N3O. The van der Waals surface area contributed by atoms with Gasteiger partial charge in [0.15, 0.2) is 0 Å². The van der Waals surface area contributed by atoms with Crippen molar-refractivity contribution in [3.63, 3.8) is 0 Å². The number of rotatable bonds is 3. The van der Waals surface area contributed by atoms with Crippen molar-refractivity contribution in [3.05, 3.63) is 0 Å². The number of hydrogen-bond donors (Lipinski definition) is 1. The fourth-order valence-corrected chi connectivity index (χ4v) is 1.79. The van der Waals surface area contributed by atoms with Gasteiger partial charge in [0.25, 0.3) is 0 Å². The number of hydrogen-bond acceptors (Lipinski definition) is 3. The highest BCUT2D eigenvalue weighted by molar-refractivity contribution is 5.83. The molecule has 0 radical (unpaired) electrons. The van der Waals surface area contributed by atoms with Crippen molar-refractivity contribution in [3.8, 4) is 0 Å². The quantitative estimate of drug-likeness (QED) is 0.644. The number of nitrogens with zero attached hydrogens (tertiary/aromatic N) is 2. The number of amides is 1. The molecule has 4 nitrogen and oxygen atoms in total. The molecule has 76 valence electrons. The molecule has 4 heteroatoms. The fourth-order valence-electron chi connectivity index (χ4n) is 1.79. The highest BCUT2D eigenvalue weighted by Gasteiger charge is 2.31. The Morgan fingerprint density at radius 3 is 2.69 bits per heavy atom. The Hall–Kier alpha value is -0.610. The van der Waals surface area contributed by atoms with E-state index in [0.717, 1.165) is 19.5 Å². The molecule has 1 saturated heterocycles. The lowest BCUT2D eigenvalue weighted by atomic mass is 10.2. The minimum Gasteiger partial charge on any atom is -0.337 e. The maximum atomic E-state index is 11.5. The van der Waals surface area contributed by atoms with Crippen LogP contribution in [0.4, 0.5) is 0 Å². The van der Waals surface area contributed by atoms with Crippen LogP contribution in [0.15, 0.2) is 0 Å². The predicted molar refractivity (Wildman–Crippen MR) is 52.3 cm³/mol. The van der Waals surface area contributed by atoms with Crippen LogP contribution in [0.3, 0.4) is 0 Å². The molecule has 2 N–H and O–H groups in total. The molecule has 0 aromatic heterocycles. The number of carbonyl (C=O) groups excluding carboxylic acids is 1. The van der Waals surface area contributed by atoms with E-state index in [9.17, 15) is 4.79 Å². The second kappa shape index (κ2) is 4.07. The van der Waals surface area contributed by atoms with E-state index < -0.39 is 0 Å². The molecule has 1 aliphatic rings. The van der Waals surface area contributed by atoms with Crippen LogP contribution < -0.4 is 5.73 Å². The first-order valence-electron chi connectivity index (χ1n) is 4.73. The topological polar surface area (TPSA) is 49.6 Å². The van der Waals surface area contributed by atoms with E-state index in [1.165, 1.54) is 0 Å². The Balaban J connectivity index is 2.48. The Morgan fingerprint density at radius 2 is 2.31 bits per heavy atom. The van der Waals surface area contributed by atoms with Crippen LogP contribution in [0.2, 0.25) is 0 Å². The molecule has 1 heterocycles. The lowest BCUT2D eigenvalue weighted by Gasteiger charge is -2.27. The molecule has 0 aliphatic carbocycles. The molecule has 0 saturated carbocycles. The monoisotopic (exact) mass is 185 g/mol. The third-order valence-electron chi connectivity index (χ3n) is 2.44. The lowest BCUT2D eigenvalue weighted by molar-refractivity contribution is -0.130. The van der Waals surface area contributed by atoms with Crippen LogP contribution in [0, 0.1) is 0 Å². The molecule has 1 aliphatic heterocycles. The SMILES string of the molecule is CC(CN(C)C)N1CCC(N)C1=O. The van der Waals surface area contributed by atoms with Crippen molar-refractivity contribution in [2.45, 2.75) is 25.4 Å². The summed E-state index contributed by atoms with van der Waals surface area (Å²) in [4.78, 5) is 15.5. The largest absolute Gasteiger partial charge is 0.337 e. The van der Waals surface area contributed by atoms with E-state index >= 15 is 0 Å². The number of likely N-dealkylation sites (N-methyl/N-ethyl adjacent to an activating group) is 1. The summed E-state index contributed by atoms with van der Waals surface area (Å²) in [7, 11) is 4.02. The Labute approximate surface area is 79.7 Å². The maximum absolute atomic E-state index is 11.5. The molecule has 2 atom stereocenters. The smallest absolute Gasteiger partial charge is 0.239 e. The van der Waals surface area contributed by atoms with E-state index in [1.807, 2.05) is 19.0 Å². The van der Waals surface area contributed by atoms with E-state index in [0.29, 0.717) is 0 Å². The molecule has 13 heavy (non-hydrogen) atoms. The van der Waals surface area contributed by atoms with Gasteiger partial charge in [0, 0.05) is 19.1 Å². The van der Waals surface area contributed by atoms with Gasteiger partial charge < -0.3 is 15.5 Å². The van der Waals surface area contributed by atoms with Gasteiger partial charge in [-0.25, -0.2) is 0 Å². The molecule has 1 rings (SSSR count). The summed E-state index contributed by atoms with van der Waals surface area (Å²) in [6, 6.07) is 0.0145. The number of nitrogens with two attached hydrogens (primary N) is 1. The highest BCUT2D eigenvalue weighted by atomic mass is 16.2. The molecule has 1 fully saturated rings. The molecule has 0 aromatic carbocycles. The van der Waals surface area contributed by atoms with Crippen LogP contribution in [0.5, 0.6) is 0 Å². The van der Waals surface area contributed by atoms with Crippen molar-refractivity contribution in [2.24, 2.45) is 5.73 Å². The molecule has 0 bridgehead atoms. The van der Waals surface area contributed by atoms with E-state index in [4.69, 9.17) is 5.73 Å². The molecular weight excluding hydrogens is 166 g/mol. The van der Waals surface area contributed by atoms with Gasteiger partial charge in [-0.2, -0.15) is 0 Å². The first-order valence-corrected chi connectivity index (χ1v) is 4.73. The second-order valence-electron chi connectivity index (χ2n) is 4.04. The minimum absolute atomic E-state index is 0.106. The average molecular weight is 185 g/mol. The van der Waals surface area contributed by atoms with Crippen LogP contribution in [0.25, 0.3) is 0 Å². The number of likely N-dealkylation sites (tertiary alicyclic amines) is 1. The van der Waals surface area contributed by atoms with Crippen LogP contribution >= 0.6 is 0 Å². The van der Waals surface area contributed by atoms with Crippen molar-refractivity contribution >= 4 is 5.91 Å². The molecule has 2 unspecified atom stereocenters. The van der Waals surface area contributed by atoms with Crippen LogP contribution in [-0.4, -0.2) is 55.0 Å². The zero-order valence-corrected chi connectivity index (χ0v) is 8.66. The van der Waals surface area contributed by atoms with E-state index in [-0.39, 0.29) is 18.0 Å². The normalized spacial score (nSPS) is 25.8. The van der Waals surface area contributed by atoms with Crippen LogP contribution in [-0.2, 0) is 4.79 Å².